The molecule has 12 nitrogen and oxygen atoms in total. The molecule has 1 saturated heterocycles. The van der Waals surface area contributed by atoms with E-state index in [-0.39, 0.29) is 19.4 Å². The van der Waals surface area contributed by atoms with Crippen molar-refractivity contribution in [2.45, 2.75) is 198 Å². The van der Waals surface area contributed by atoms with Gasteiger partial charge in [-0.2, -0.15) is 8.42 Å². The SMILES string of the molecule is CCCCC/C=C/C/C=C/C/C=C/C/C=C/C/C=C/CCC(=O)OC[C@H](CO[C@H]1O[C@H](CS(=O)(=O)O)[C@@H](O)C(O)C1O)OC(=O)CCCCCCC/C=C/CCCCCCC. The van der Waals surface area contributed by atoms with E-state index in [1.54, 1.807) is 0 Å². The van der Waals surface area contributed by atoms with Crippen molar-refractivity contribution in [3.05, 3.63) is 72.9 Å². The number of allylic oxidation sites excluding steroid dienone is 12. The summed E-state index contributed by atoms with van der Waals surface area (Å²) in [5, 5.41) is 30.9. The van der Waals surface area contributed by atoms with E-state index in [1.807, 2.05) is 12.2 Å². The maximum Gasteiger partial charge on any atom is 0.306 e. The van der Waals surface area contributed by atoms with E-state index in [0.29, 0.717) is 12.8 Å². The van der Waals surface area contributed by atoms with Crippen molar-refractivity contribution in [1.29, 1.82) is 0 Å². The standard InChI is InChI=1S/C48H80O12S/c1-3-5-7-9-11-13-15-17-19-20-21-22-23-25-26-28-30-32-34-36-43(49)57-38-41(39-58-48-47(53)46(52)45(51)42(60-48)40-61(54,55)56)59-44(50)37-35-33-31-29-27-24-18-16-14-12-10-8-6-4-2/h11,13,16-19,21-22,25-26,30,32,41-42,45-48,51-53H,3-10,12,14-15,20,23-24,27-29,31,33-40H2,1-2H3,(H,54,55,56)/b13-11+,18-16+,19-17+,22-21+,26-25+,32-30+/t41-,42-,45-,46?,47?,48+/m1/s1. The summed E-state index contributed by atoms with van der Waals surface area (Å²) in [6, 6.07) is 0. The predicted molar refractivity (Wildman–Crippen MR) is 242 cm³/mol. The smallest absolute Gasteiger partial charge is 0.306 e. The first-order valence-electron chi connectivity index (χ1n) is 23.0. The van der Waals surface area contributed by atoms with Gasteiger partial charge in [-0.05, 0) is 77.0 Å². The topological polar surface area (TPSA) is 186 Å². The highest BCUT2D eigenvalue weighted by atomic mass is 32.2. The number of hydrogen-bond donors (Lipinski definition) is 4. The molecular formula is C48H80O12S. The molecule has 0 bridgehead atoms. The van der Waals surface area contributed by atoms with Gasteiger partial charge in [0.1, 0.15) is 36.8 Å². The third kappa shape index (κ3) is 32.4. The molecule has 4 N–H and O–H groups in total. The lowest BCUT2D eigenvalue weighted by Gasteiger charge is -2.40. The zero-order valence-electron chi connectivity index (χ0n) is 37.2. The largest absolute Gasteiger partial charge is 0.462 e. The molecule has 0 amide bonds. The Bertz CT molecular complexity index is 1400. The fourth-order valence-corrected chi connectivity index (χ4v) is 7.11. The van der Waals surface area contributed by atoms with Crippen LogP contribution in [0, 0.1) is 0 Å². The minimum absolute atomic E-state index is 0.0906. The fourth-order valence-electron chi connectivity index (χ4n) is 6.42. The predicted octanol–water partition coefficient (Wildman–Crippen LogP) is 9.50. The number of aliphatic hydroxyl groups excluding tert-OH is 3. The molecule has 0 radical (unpaired) electrons. The van der Waals surface area contributed by atoms with E-state index in [2.05, 4.69) is 74.6 Å². The summed E-state index contributed by atoms with van der Waals surface area (Å²) in [5.41, 5.74) is 0. The average Bonchev–Trinajstić information content (AvgIpc) is 3.22. The molecule has 6 atom stereocenters. The van der Waals surface area contributed by atoms with Crippen LogP contribution in [0.3, 0.4) is 0 Å². The molecule has 0 aromatic rings. The monoisotopic (exact) mass is 881 g/mol. The van der Waals surface area contributed by atoms with Crippen LogP contribution in [0.5, 0.6) is 0 Å². The molecule has 350 valence electrons. The van der Waals surface area contributed by atoms with E-state index in [9.17, 15) is 37.9 Å². The number of unbranched alkanes of at least 4 members (excludes halogenated alkanes) is 13. The van der Waals surface area contributed by atoms with Gasteiger partial charge in [-0.25, -0.2) is 0 Å². The molecule has 0 aliphatic carbocycles. The van der Waals surface area contributed by atoms with Crippen LogP contribution in [0.25, 0.3) is 0 Å². The molecule has 1 fully saturated rings. The van der Waals surface area contributed by atoms with E-state index in [1.165, 1.54) is 51.4 Å². The lowest BCUT2D eigenvalue weighted by Crippen LogP contribution is -2.60. The summed E-state index contributed by atoms with van der Waals surface area (Å²) in [4.78, 5) is 25.4. The Kier molecular flexibility index (Phi) is 34.6. The van der Waals surface area contributed by atoms with Crippen LogP contribution in [0.4, 0.5) is 0 Å². The number of carbonyl (C=O) groups excluding carboxylic acids is 2. The minimum Gasteiger partial charge on any atom is -0.462 e. The van der Waals surface area contributed by atoms with Crippen LogP contribution in [0.1, 0.15) is 162 Å². The summed E-state index contributed by atoms with van der Waals surface area (Å²) < 4.78 is 54.0. The van der Waals surface area contributed by atoms with E-state index >= 15 is 0 Å². The summed E-state index contributed by atoms with van der Waals surface area (Å²) in [5.74, 6) is -2.11. The maximum atomic E-state index is 12.8. The molecule has 2 unspecified atom stereocenters. The van der Waals surface area contributed by atoms with Crippen molar-refractivity contribution in [2.24, 2.45) is 0 Å². The van der Waals surface area contributed by atoms with Crippen LogP contribution in [-0.4, -0.2) is 96.0 Å². The highest BCUT2D eigenvalue weighted by Crippen LogP contribution is 2.24. The van der Waals surface area contributed by atoms with Crippen molar-refractivity contribution in [1.82, 2.24) is 0 Å². The molecule has 1 aliphatic heterocycles. The lowest BCUT2D eigenvalue weighted by molar-refractivity contribution is -0.297. The van der Waals surface area contributed by atoms with Gasteiger partial charge in [-0.1, -0.05) is 145 Å². The van der Waals surface area contributed by atoms with Crippen molar-refractivity contribution >= 4 is 22.1 Å². The zero-order chi connectivity index (χ0) is 44.8. The van der Waals surface area contributed by atoms with E-state index in [0.717, 1.165) is 70.6 Å². The summed E-state index contributed by atoms with van der Waals surface area (Å²) in [7, 11) is -4.61. The van der Waals surface area contributed by atoms with Crippen molar-refractivity contribution < 1.29 is 56.8 Å². The molecule has 0 spiro atoms. The van der Waals surface area contributed by atoms with Gasteiger partial charge in [0, 0.05) is 12.8 Å². The van der Waals surface area contributed by atoms with Gasteiger partial charge >= 0.3 is 11.9 Å². The van der Waals surface area contributed by atoms with Crippen molar-refractivity contribution in [2.75, 3.05) is 19.0 Å². The average molecular weight is 881 g/mol. The number of aliphatic hydroxyl groups is 3. The van der Waals surface area contributed by atoms with E-state index < -0.39 is 71.2 Å². The van der Waals surface area contributed by atoms with Gasteiger partial charge in [0.25, 0.3) is 10.1 Å². The Balaban J connectivity index is 2.50. The second-order valence-corrected chi connectivity index (χ2v) is 17.2. The molecule has 0 aromatic heterocycles. The number of ether oxygens (including phenoxy) is 4. The number of carbonyl (C=O) groups is 2. The summed E-state index contributed by atoms with van der Waals surface area (Å²) in [6.07, 6.45) is 38.1. The first kappa shape index (κ1) is 56.1. The number of hydrogen-bond acceptors (Lipinski definition) is 11. The third-order valence-electron chi connectivity index (χ3n) is 10.0. The lowest BCUT2D eigenvalue weighted by atomic mass is 10.00. The molecule has 13 heteroatoms. The van der Waals surface area contributed by atoms with Crippen LogP contribution in [-0.2, 0) is 38.7 Å². The molecule has 1 aliphatic rings. The second-order valence-electron chi connectivity index (χ2n) is 15.7. The van der Waals surface area contributed by atoms with E-state index in [4.69, 9.17) is 18.9 Å². The van der Waals surface area contributed by atoms with Crippen molar-refractivity contribution in [3.63, 3.8) is 0 Å². The molecule has 0 aromatic carbocycles. The molecule has 61 heavy (non-hydrogen) atoms. The first-order valence-corrected chi connectivity index (χ1v) is 24.6. The minimum atomic E-state index is -4.61. The van der Waals surface area contributed by atoms with Gasteiger partial charge in [0.2, 0.25) is 0 Å². The maximum absolute atomic E-state index is 12.8. The molecule has 0 saturated carbocycles. The van der Waals surface area contributed by atoms with Gasteiger partial charge < -0.3 is 34.3 Å². The normalized spacial score (nSPS) is 20.7. The fraction of sp³-hybridized carbons (Fsp3) is 0.708. The zero-order valence-corrected chi connectivity index (χ0v) is 38.1. The Hall–Kier alpha value is -2.91. The first-order chi connectivity index (χ1) is 29.5. The quantitative estimate of drug-likeness (QED) is 0.0201. The number of esters is 2. The van der Waals surface area contributed by atoms with Crippen LogP contribution >= 0.6 is 0 Å². The van der Waals surface area contributed by atoms with Crippen LogP contribution in [0.15, 0.2) is 72.9 Å². The highest BCUT2D eigenvalue weighted by molar-refractivity contribution is 7.85. The summed E-state index contributed by atoms with van der Waals surface area (Å²) in [6.45, 7) is 3.64. The van der Waals surface area contributed by atoms with Gasteiger partial charge in [0.05, 0.1) is 6.61 Å². The van der Waals surface area contributed by atoms with Gasteiger partial charge in [-0.15, -0.1) is 0 Å². The Labute approximate surface area is 368 Å². The van der Waals surface area contributed by atoms with Crippen LogP contribution < -0.4 is 0 Å². The number of rotatable bonds is 37. The third-order valence-corrected chi connectivity index (χ3v) is 10.8. The Morgan fingerprint density at radius 3 is 1.57 bits per heavy atom. The van der Waals surface area contributed by atoms with Crippen LogP contribution in [0.2, 0.25) is 0 Å². The second kappa shape index (κ2) is 37.6. The summed E-state index contributed by atoms with van der Waals surface area (Å²) >= 11 is 0. The van der Waals surface area contributed by atoms with Gasteiger partial charge in [-0.3, -0.25) is 14.1 Å². The molecule has 1 heterocycles. The Morgan fingerprint density at radius 2 is 1.02 bits per heavy atom. The van der Waals surface area contributed by atoms with Crippen molar-refractivity contribution in [3.8, 4) is 0 Å². The van der Waals surface area contributed by atoms with Gasteiger partial charge in [0.15, 0.2) is 12.4 Å². The highest BCUT2D eigenvalue weighted by Gasteiger charge is 2.46. The Morgan fingerprint density at radius 1 is 0.557 bits per heavy atom. The molecular weight excluding hydrogens is 801 g/mol. The molecule has 1 rings (SSSR count).